The zero-order chi connectivity index (χ0) is 18.4. The number of carbonyl (C=O) groups excluding carboxylic acids is 3. The third kappa shape index (κ3) is 5.51. The summed E-state index contributed by atoms with van der Waals surface area (Å²) in [7, 11) is 0. The van der Waals surface area contributed by atoms with Crippen LogP contribution in [0.15, 0.2) is 41.0 Å². The Morgan fingerprint density at radius 1 is 1.24 bits per heavy atom. The lowest BCUT2D eigenvalue weighted by Crippen LogP contribution is -2.35. The molecule has 1 heterocycles. The Bertz CT molecular complexity index is 777. The van der Waals surface area contributed by atoms with E-state index in [1.807, 2.05) is 0 Å². The van der Waals surface area contributed by atoms with E-state index in [1.165, 1.54) is 31.4 Å². The van der Waals surface area contributed by atoms with Crippen molar-refractivity contribution in [1.29, 1.82) is 0 Å². The molecule has 2 amide bonds. The summed E-state index contributed by atoms with van der Waals surface area (Å²) in [5.74, 6) is -1.87. The molecule has 0 unspecified atom stereocenters. The van der Waals surface area contributed by atoms with E-state index in [1.54, 1.807) is 12.1 Å². The third-order valence-electron chi connectivity index (χ3n) is 3.00. The lowest BCUT2D eigenvalue weighted by molar-refractivity contribution is -0.152. The highest BCUT2D eigenvalue weighted by molar-refractivity contribution is 6.35. The molecule has 0 spiro atoms. The van der Waals surface area contributed by atoms with E-state index in [0.717, 1.165) is 0 Å². The molecule has 0 bridgehead atoms. The summed E-state index contributed by atoms with van der Waals surface area (Å²) in [6.45, 7) is 0.981. The minimum Gasteiger partial charge on any atom is -0.459 e. The highest BCUT2D eigenvalue weighted by Crippen LogP contribution is 2.25. The van der Waals surface area contributed by atoms with Crippen molar-refractivity contribution in [2.24, 2.45) is 0 Å². The fourth-order valence-electron chi connectivity index (χ4n) is 1.77. The molecule has 2 rings (SSSR count). The van der Waals surface area contributed by atoms with Gasteiger partial charge in [0.1, 0.15) is 6.54 Å². The Morgan fingerprint density at radius 2 is 2.00 bits per heavy atom. The molecule has 1 atom stereocenters. The topological polar surface area (TPSA) is 97.6 Å². The molecule has 0 radical (unpaired) electrons. The number of esters is 1. The van der Waals surface area contributed by atoms with Gasteiger partial charge in [-0.25, -0.2) is 0 Å². The van der Waals surface area contributed by atoms with Gasteiger partial charge in [-0.15, -0.1) is 0 Å². The fraction of sp³-hybridized carbons (Fsp3) is 0.188. The van der Waals surface area contributed by atoms with Crippen molar-refractivity contribution in [1.82, 2.24) is 5.32 Å². The summed E-state index contributed by atoms with van der Waals surface area (Å²) in [4.78, 5) is 35.4. The van der Waals surface area contributed by atoms with E-state index in [2.05, 4.69) is 10.6 Å². The second-order valence-electron chi connectivity index (χ2n) is 4.91. The van der Waals surface area contributed by atoms with Crippen molar-refractivity contribution in [2.45, 2.75) is 13.0 Å². The molecule has 7 nitrogen and oxygen atoms in total. The van der Waals surface area contributed by atoms with Crippen LogP contribution in [-0.2, 0) is 14.3 Å². The number of rotatable bonds is 6. The highest BCUT2D eigenvalue weighted by Gasteiger charge is 2.20. The van der Waals surface area contributed by atoms with E-state index < -0.39 is 30.4 Å². The van der Waals surface area contributed by atoms with Crippen LogP contribution in [0.3, 0.4) is 0 Å². The van der Waals surface area contributed by atoms with Gasteiger partial charge in [-0.05, 0) is 37.3 Å². The van der Waals surface area contributed by atoms with Crippen LogP contribution in [0.25, 0.3) is 0 Å². The predicted molar refractivity (Wildman–Crippen MR) is 91.7 cm³/mol. The largest absolute Gasteiger partial charge is 0.459 e. The number of benzene rings is 1. The number of nitrogens with one attached hydrogen (secondary N) is 2. The lowest BCUT2D eigenvalue weighted by atomic mass is 10.3. The van der Waals surface area contributed by atoms with Crippen LogP contribution in [0.1, 0.15) is 17.5 Å². The summed E-state index contributed by atoms with van der Waals surface area (Å²) < 4.78 is 9.83. The van der Waals surface area contributed by atoms with Crippen LogP contribution in [-0.4, -0.2) is 30.4 Å². The molecular weight excluding hydrogens is 371 g/mol. The molecule has 0 aliphatic heterocycles. The minimum absolute atomic E-state index is 0.0641. The molecule has 25 heavy (non-hydrogen) atoms. The van der Waals surface area contributed by atoms with Gasteiger partial charge in [0.2, 0.25) is 0 Å². The zero-order valence-corrected chi connectivity index (χ0v) is 14.6. The van der Waals surface area contributed by atoms with Gasteiger partial charge in [0.05, 0.1) is 17.0 Å². The Morgan fingerprint density at radius 3 is 2.68 bits per heavy atom. The standard InChI is InChI=1S/C16H14Cl2N2O5/c1-9(15(22)20-12-7-10(17)4-5-11(12)18)25-14(21)8-19-16(23)13-3-2-6-24-13/h2-7,9H,8H2,1H3,(H,19,23)(H,20,22)/t9-/m1/s1. The van der Waals surface area contributed by atoms with Gasteiger partial charge in [-0.3, -0.25) is 14.4 Å². The van der Waals surface area contributed by atoms with Crippen molar-refractivity contribution >= 4 is 46.7 Å². The Hall–Kier alpha value is -2.51. The van der Waals surface area contributed by atoms with Crippen LogP contribution in [0, 0.1) is 0 Å². The van der Waals surface area contributed by atoms with Gasteiger partial charge >= 0.3 is 5.97 Å². The van der Waals surface area contributed by atoms with E-state index in [4.69, 9.17) is 32.4 Å². The third-order valence-corrected chi connectivity index (χ3v) is 3.57. The Balaban J connectivity index is 1.82. The van der Waals surface area contributed by atoms with Crippen LogP contribution in [0.5, 0.6) is 0 Å². The van der Waals surface area contributed by atoms with Crippen molar-refractivity contribution in [2.75, 3.05) is 11.9 Å². The Labute approximate surface area is 153 Å². The molecule has 2 N–H and O–H groups in total. The number of furan rings is 1. The molecular formula is C16H14Cl2N2O5. The maximum absolute atomic E-state index is 12.0. The Kier molecular flexibility index (Phi) is 6.44. The maximum Gasteiger partial charge on any atom is 0.326 e. The molecule has 0 saturated carbocycles. The molecule has 0 aliphatic carbocycles. The van der Waals surface area contributed by atoms with E-state index in [0.29, 0.717) is 15.7 Å². The average Bonchev–Trinajstić information content (AvgIpc) is 3.10. The fourth-order valence-corrected chi connectivity index (χ4v) is 2.10. The molecule has 132 valence electrons. The second-order valence-corrected chi connectivity index (χ2v) is 5.75. The van der Waals surface area contributed by atoms with Crippen LogP contribution in [0.4, 0.5) is 5.69 Å². The summed E-state index contributed by atoms with van der Waals surface area (Å²) in [5.41, 5.74) is 0.299. The average molecular weight is 385 g/mol. The van der Waals surface area contributed by atoms with Crippen molar-refractivity contribution in [3.63, 3.8) is 0 Å². The van der Waals surface area contributed by atoms with Crippen LogP contribution < -0.4 is 10.6 Å². The van der Waals surface area contributed by atoms with Gasteiger partial charge in [-0.2, -0.15) is 0 Å². The van der Waals surface area contributed by atoms with Gasteiger partial charge in [0.25, 0.3) is 11.8 Å². The summed E-state index contributed by atoms with van der Waals surface area (Å²) in [5, 5.41) is 5.51. The summed E-state index contributed by atoms with van der Waals surface area (Å²) in [6.07, 6.45) is 0.240. The zero-order valence-electron chi connectivity index (χ0n) is 13.0. The first-order chi connectivity index (χ1) is 11.9. The second kappa shape index (κ2) is 8.55. The number of hydrogen-bond acceptors (Lipinski definition) is 5. The van der Waals surface area contributed by atoms with Crippen LogP contribution in [0.2, 0.25) is 10.0 Å². The van der Waals surface area contributed by atoms with Gasteiger partial charge in [0.15, 0.2) is 11.9 Å². The van der Waals surface area contributed by atoms with Crippen molar-refractivity contribution in [3.05, 3.63) is 52.4 Å². The predicted octanol–water partition coefficient (Wildman–Crippen LogP) is 2.89. The first-order valence-electron chi connectivity index (χ1n) is 7.14. The first-order valence-corrected chi connectivity index (χ1v) is 7.89. The van der Waals surface area contributed by atoms with Gasteiger partial charge in [0, 0.05) is 5.02 Å². The van der Waals surface area contributed by atoms with Gasteiger partial charge in [-0.1, -0.05) is 23.2 Å². The van der Waals surface area contributed by atoms with E-state index in [-0.39, 0.29) is 5.76 Å². The number of amides is 2. The summed E-state index contributed by atoms with van der Waals surface area (Å²) >= 11 is 11.8. The molecule has 0 fully saturated rings. The minimum atomic E-state index is -1.09. The SMILES string of the molecule is C[C@@H](OC(=O)CNC(=O)c1ccco1)C(=O)Nc1cc(Cl)ccc1Cl. The number of carbonyl (C=O) groups is 3. The van der Waals surface area contributed by atoms with E-state index in [9.17, 15) is 14.4 Å². The molecule has 0 saturated heterocycles. The maximum atomic E-state index is 12.0. The van der Waals surface area contributed by atoms with E-state index >= 15 is 0 Å². The van der Waals surface area contributed by atoms with Crippen LogP contribution >= 0.6 is 23.2 Å². The first kappa shape index (κ1) is 18.8. The quantitative estimate of drug-likeness (QED) is 0.746. The molecule has 1 aromatic carbocycles. The number of anilines is 1. The smallest absolute Gasteiger partial charge is 0.326 e. The number of hydrogen-bond donors (Lipinski definition) is 2. The number of halogens is 2. The molecule has 1 aromatic heterocycles. The van der Waals surface area contributed by atoms with Gasteiger partial charge < -0.3 is 19.8 Å². The highest BCUT2D eigenvalue weighted by atomic mass is 35.5. The monoisotopic (exact) mass is 384 g/mol. The molecule has 0 aliphatic rings. The van der Waals surface area contributed by atoms with Crippen molar-refractivity contribution < 1.29 is 23.5 Å². The number of ether oxygens (including phenoxy) is 1. The van der Waals surface area contributed by atoms with Crippen molar-refractivity contribution in [3.8, 4) is 0 Å². The molecule has 9 heteroatoms. The molecule has 2 aromatic rings. The summed E-state index contributed by atoms with van der Waals surface area (Å²) in [6, 6.07) is 7.57. The lowest BCUT2D eigenvalue weighted by Gasteiger charge is -2.14. The normalized spacial score (nSPS) is 11.5.